The number of carboxylic acid groups (broad SMARTS) is 1. The van der Waals surface area contributed by atoms with Crippen LogP contribution < -0.4 is 10.6 Å². The fourth-order valence-electron chi connectivity index (χ4n) is 4.35. The fraction of sp³-hybridized carbons (Fsp3) is 0.720. The second-order valence-electron chi connectivity index (χ2n) is 10.5. The summed E-state index contributed by atoms with van der Waals surface area (Å²) in [6.45, 7) is 8.54. The summed E-state index contributed by atoms with van der Waals surface area (Å²) in [5.41, 5.74) is 1.84. The van der Waals surface area contributed by atoms with E-state index in [1.54, 1.807) is 20.8 Å². The molecule has 8 heteroatoms. The highest BCUT2D eigenvalue weighted by Crippen LogP contribution is 2.34. The van der Waals surface area contributed by atoms with Crippen LogP contribution in [0.3, 0.4) is 0 Å². The molecule has 3 N–H and O–H groups in total. The van der Waals surface area contributed by atoms with Crippen molar-refractivity contribution >= 4 is 17.9 Å². The van der Waals surface area contributed by atoms with Gasteiger partial charge in [-0.25, -0.2) is 9.78 Å². The first-order chi connectivity index (χ1) is 15.6. The zero-order chi connectivity index (χ0) is 24.0. The van der Waals surface area contributed by atoms with Gasteiger partial charge in [0.2, 0.25) is 0 Å². The van der Waals surface area contributed by atoms with Gasteiger partial charge in [-0.05, 0) is 82.8 Å². The molecule has 0 spiro atoms. The van der Waals surface area contributed by atoms with Gasteiger partial charge in [0.25, 0.3) is 0 Å². The Balaban J connectivity index is 1.34. The third kappa shape index (κ3) is 7.88. The number of aryl methyl sites for hydroxylation is 2. The van der Waals surface area contributed by atoms with E-state index in [-0.39, 0.29) is 18.6 Å². The number of carboxylic acids is 1. The Morgan fingerprint density at radius 3 is 2.76 bits per heavy atom. The van der Waals surface area contributed by atoms with Crippen molar-refractivity contribution in [1.29, 1.82) is 0 Å². The lowest BCUT2D eigenvalue weighted by Gasteiger charge is -2.36. The van der Waals surface area contributed by atoms with Gasteiger partial charge in [-0.1, -0.05) is 13.0 Å². The Labute approximate surface area is 196 Å². The lowest BCUT2D eigenvalue weighted by molar-refractivity contribution is -0.145. The minimum absolute atomic E-state index is 0.0186. The molecule has 1 fully saturated rings. The van der Waals surface area contributed by atoms with Crippen molar-refractivity contribution in [3.63, 3.8) is 0 Å². The lowest BCUT2D eigenvalue weighted by Crippen LogP contribution is -2.41. The van der Waals surface area contributed by atoms with Gasteiger partial charge in [-0.3, -0.25) is 4.79 Å². The van der Waals surface area contributed by atoms with Crippen LogP contribution in [0.15, 0.2) is 12.1 Å². The van der Waals surface area contributed by atoms with Gasteiger partial charge >= 0.3 is 12.1 Å². The van der Waals surface area contributed by atoms with Crippen LogP contribution in [0.5, 0.6) is 0 Å². The molecule has 2 heterocycles. The fourth-order valence-corrected chi connectivity index (χ4v) is 4.35. The molecular formula is C25H39N3O5. The molecule has 1 aliphatic heterocycles. The number of nitrogens with one attached hydrogen (secondary N) is 2. The number of aromatic nitrogens is 1. The summed E-state index contributed by atoms with van der Waals surface area (Å²) in [5.74, 6) is -0.210. The van der Waals surface area contributed by atoms with Gasteiger partial charge in [-0.15, -0.1) is 0 Å². The van der Waals surface area contributed by atoms with E-state index in [0.29, 0.717) is 12.5 Å². The standard InChI is InChI=1S/C25H39N3O5/c1-16(21(23(29)30)14-27-24(31)33-25(2,3)4)15-32-20-12-17(13-20)7-9-19-10-8-18-6-5-11-26-22(18)28-19/h8,10,16-17,20-21H,5-7,9,11-15H2,1-4H3,(H,26,28)(H,27,31)(H,29,30)/t16?,17-,20-,21?. The van der Waals surface area contributed by atoms with Crippen molar-refractivity contribution in [2.24, 2.45) is 17.8 Å². The summed E-state index contributed by atoms with van der Waals surface area (Å²) in [6.07, 6.45) is 5.93. The summed E-state index contributed by atoms with van der Waals surface area (Å²) in [5, 5.41) is 15.5. The first-order valence-electron chi connectivity index (χ1n) is 12.1. The van der Waals surface area contributed by atoms with Crippen LogP contribution in [0.4, 0.5) is 10.6 Å². The maximum Gasteiger partial charge on any atom is 0.407 e. The van der Waals surface area contributed by atoms with E-state index in [2.05, 4.69) is 22.8 Å². The highest BCUT2D eigenvalue weighted by molar-refractivity contribution is 5.73. The predicted molar refractivity (Wildman–Crippen MR) is 126 cm³/mol. The third-order valence-electron chi connectivity index (χ3n) is 6.42. The van der Waals surface area contributed by atoms with Crippen molar-refractivity contribution in [1.82, 2.24) is 10.3 Å². The Kier molecular flexibility index (Phi) is 8.57. The molecule has 1 amide bonds. The number of fused-ring (bicyclic) bond motifs is 1. The molecule has 1 aromatic heterocycles. The van der Waals surface area contributed by atoms with Crippen LogP contribution in [-0.2, 0) is 27.1 Å². The van der Waals surface area contributed by atoms with Gasteiger partial charge in [0.15, 0.2) is 0 Å². The zero-order valence-corrected chi connectivity index (χ0v) is 20.4. The van der Waals surface area contributed by atoms with Crippen LogP contribution in [-0.4, -0.2) is 53.6 Å². The molecule has 184 valence electrons. The number of nitrogens with zero attached hydrogens (tertiary/aromatic N) is 1. The molecule has 1 saturated carbocycles. The van der Waals surface area contributed by atoms with Crippen molar-refractivity contribution in [2.45, 2.75) is 77.9 Å². The molecule has 1 aromatic rings. The molecule has 2 unspecified atom stereocenters. The summed E-state index contributed by atoms with van der Waals surface area (Å²) >= 11 is 0. The number of hydrogen-bond acceptors (Lipinski definition) is 6. The number of alkyl carbamates (subject to hydrolysis) is 1. The van der Waals surface area contributed by atoms with E-state index in [0.717, 1.165) is 50.2 Å². The molecule has 0 saturated heterocycles. The first kappa shape index (κ1) is 25.3. The van der Waals surface area contributed by atoms with Crippen molar-refractivity contribution in [3.8, 4) is 0 Å². The SMILES string of the molecule is CC(CO[C@H]1C[C@H](CCc2ccc3c(n2)NCCC3)C1)C(CNC(=O)OC(C)(C)C)C(=O)O. The molecule has 1 aliphatic carbocycles. The van der Waals surface area contributed by atoms with Crippen molar-refractivity contribution in [2.75, 3.05) is 25.0 Å². The molecule has 0 radical (unpaired) electrons. The molecule has 8 nitrogen and oxygen atoms in total. The van der Waals surface area contributed by atoms with Crippen LogP contribution in [0.25, 0.3) is 0 Å². The number of amides is 1. The molecule has 2 atom stereocenters. The van der Waals surface area contributed by atoms with Crippen LogP contribution in [0, 0.1) is 17.8 Å². The monoisotopic (exact) mass is 461 g/mol. The number of carbonyl (C=O) groups excluding carboxylic acids is 1. The second-order valence-corrected chi connectivity index (χ2v) is 10.5. The lowest BCUT2D eigenvalue weighted by atomic mass is 9.79. The van der Waals surface area contributed by atoms with E-state index < -0.39 is 23.6 Å². The van der Waals surface area contributed by atoms with Gasteiger partial charge < -0.3 is 25.2 Å². The summed E-state index contributed by atoms with van der Waals surface area (Å²) < 4.78 is 11.2. The largest absolute Gasteiger partial charge is 0.481 e. The predicted octanol–water partition coefficient (Wildman–Crippen LogP) is 4.03. The average molecular weight is 462 g/mol. The van der Waals surface area contributed by atoms with Gasteiger partial charge in [0.1, 0.15) is 11.4 Å². The van der Waals surface area contributed by atoms with E-state index in [1.807, 2.05) is 6.92 Å². The number of pyridine rings is 1. The number of hydrogen-bond donors (Lipinski definition) is 3. The third-order valence-corrected chi connectivity index (χ3v) is 6.42. The molecule has 0 aromatic carbocycles. The number of anilines is 1. The maximum absolute atomic E-state index is 11.8. The Morgan fingerprint density at radius 1 is 1.30 bits per heavy atom. The van der Waals surface area contributed by atoms with Gasteiger partial charge in [-0.2, -0.15) is 0 Å². The number of rotatable bonds is 10. The van der Waals surface area contributed by atoms with E-state index in [1.165, 1.54) is 12.0 Å². The van der Waals surface area contributed by atoms with E-state index >= 15 is 0 Å². The number of aliphatic carboxylic acids is 1. The second kappa shape index (κ2) is 11.2. The minimum atomic E-state index is -0.944. The molecule has 2 aliphatic rings. The summed E-state index contributed by atoms with van der Waals surface area (Å²) in [4.78, 5) is 28.3. The highest BCUT2D eigenvalue weighted by Gasteiger charge is 2.32. The topological polar surface area (TPSA) is 110 Å². The van der Waals surface area contributed by atoms with E-state index in [4.69, 9.17) is 14.5 Å². The Morgan fingerprint density at radius 2 is 2.06 bits per heavy atom. The van der Waals surface area contributed by atoms with Gasteiger partial charge in [0.05, 0.1) is 18.6 Å². The summed E-state index contributed by atoms with van der Waals surface area (Å²) in [6, 6.07) is 4.35. The van der Waals surface area contributed by atoms with Crippen LogP contribution >= 0.6 is 0 Å². The summed E-state index contributed by atoms with van der Waals surface area (Å²) in [7, 11) is 0. The smallest absolute Gasteiger partial charge is 0.407 e. The van der Waals surface area contributed by atoms with Crippen LogP contribution in [0.1, 0.15) is 64.6 Å². The normalized spacial score (nSPS) is 21.7. The van der Waals surface area contributed by atoms with E-state index in [9.17, 15) is 14.7 Å². The molecule has 3 rings (SSSR count). The number of ether oxygens (including phenoxy) is 2. The number of carbonyl (C=O) groups is 2. The maximum atomic E-state index is 11.8. The molecule has 0 bridgehead atoms. The van der Waals surface area contributed by atoms with Gasteiger partial charge in [0, 0.05) is 18.8 Å². The zero-order valence-electron chi connectivity index (χ0n) is 20.4. The quantitative estimate of drug-likeness (QED) is 0.482. The Bertz CT molecular complexity index is 817. The minimum Gasteiger partial charge on any atom is -0.481 e. The molecular weight excluding hydrogens is 422 g/mol. The Hall–Kier alpha value is -2.35. The molecule has 33 heavy (non-hydrogen) atoms. The first-order valence-corrected chi connectivity index (χ1v) is 12.1. The average Bonchev–Trinajstić information content (AvgIpc) is 2.70. The highest BCUT2D eigenvalue weighted by atomic mass is 16.6. The van der Waals surface area contributed by atoms with Crippen LogP contribution in [0.2, 0.25) is 0 Å². The van der Waals surface area contributed by atoms with Crippen molar-refractivity contribution in [3.05, 3.63) is 23.4 Å². The van der Waals surface area contributed by atoms with Crippen molar-refractivity contribution < 1.29 is 24.2 Å².